The largest absolute Gasteiger partial charge is 0.496 e. The Morgan fingerprint density at radius 3 is 2.20 bits per heavy atom. The molecule has 6 nitrogen and oxygen atoms in total. The van der Waals surface area contributed by atoms with Crippen molar-refractivity contribution in [1.82, 2.24) is 4.90 Å². The second-order valence-corrected chi connectivity index (χ2v) is 8.11. The SMILES string of the molecule is COc1ccccc1C(=O)N(CCN1C(=O)c2cccc3cccc(c23)C1=O)c1cccc(F)c1. The number of amides is 3. The molecule has 0 aliphatic carbocycles. The van der Waals surface area contributed by atoms with Gasteiger partial charge in [0.25, 0.3) is 17.7 Å². The molecule has 1 aliphatic heterocycles. The van der Waals surface area contributed by atoms with E-state index in [9.17, 15) is 18.8 Å². The highest BCUT2D eigenvalue weighted by molar-refractivity contribution is 6.25. The number of methoxy groups -OCH3 is 1. The second kappa shape index (κ2) is 9.02. The summed E-state index contributed by atoms with van der Waals surface area (Å²) in [5.74, 6) is -1.44. The maximum absolute atomic E-state index is 14.1. The fraction of sp³-hybridized carbons (Fsp3) is 0.107. The molecule has 7 heteroatoms. The molecule has 0 bridgehead atoms. The number of carbonyl (C=O) groups excluding carboxylic acids is 3. The van der Waals surface area contributed by atoms with E-state index in [1.54, 1.807) is 54.6 Å². The summed E-state index contributed by atoms with van der Waals surface area (Å²) in [7, 11) is 1.46. The molecule has 174 valence electrons. The Morgan fingerprint density at radius 1 is 0.886 bits per heavy atom. The van der Waals surface area contributed by atoms with Crippen LogP contribution in [0.15, 0.2) is 84.9 Å². The number of imide groups is 1. The van der Waals surface area contributed by atoms with Crippen molar-refractivity contribution in [2.45, 2.75) is 0 Å². The van der Waals surface area contributed by atoms with Gasteiger partial charge in [-0.05, 0) is 47.9 Å². The third kappa shape index (κ3) is 3.91. The number of anilines is 1. The zero-order chi connectivity index (χ0) is 24.5. The lowest BCUT2D eigenvalue weighted by Gasteiger charge is -2.30. The van der Waals surface area contributed by atoms with Gasteiger partial charge in [-0.2, -0.15) is 0 Å². The second-order valence-electron chi connectivity index (χ2n) is 8.11. The first-order chi connectivity index (χ1) is 17.0. The molecular weight excluding hydrogens is 447 g/mol. The molecule has 0 N–H and O–H groups in total. The lowest BCUT2D eigenvalue weighted by molar-refractivity contribution is 0.0611. The van der Waals surface area contributed by atoms with E-state index < -0.39 is 23.5 Å². The third-order valence-corrected chi connectivity index (χ3v) is 6.11. The molecule has 0 unspecified atom stereocenters. The highest BCUT2D eigenvalue weighted by Gasteiger charge is 2.33. The van der Waals surface area contributed by atoms with Crippen LogP contribution >= 0.6 is 0 Å². The van der Waals surface area contributed by atoms with E-state index in [1.165, 1.54) is 30.2 Å². The van der Waals surface area contributed by atoms with Gasteiger partial charge in [0, 0.05) is 35.3 Å². The smallest absolute Gasteiger partial charge is 0.262 e. The zero-order valence-corrected chi connectivity index (χ0v) is 18.9. The molecule has 0 spiro atoms. The van der Waals surface area contributed by atoms with Gasteiger partial charge in [-0.1, -0.05) is 42.5 Å². The molecule has 0 radical (unpaired) electrons. The van der Waals surface area contributed by atoms with Crippen LogP contribution in [0.4, 0.5) is 10.1 Å². The molecule has 1 aliphatic rings. The summed E-state index contributed by atoms with van der Waals surface area (Å²) in [5, 5.41) is 1.45. The summed E-state index contributed by atoms with van der Waals surface area (Å²) in [6.07, 6.45) is 0. The van der Waals surface area contributed by atoms with Crippen LogP contribution in [0.3, 0.4) is 0 Å². The Bertz CT molecular complexity index is 1430. The van der Waals surface area contributed by atoms with Crippen molar-refractivity contribution in [2.75, 3.05) is 25.1 Å². The summed E-state index contributed by atoms with van der Waals surface area (Å²) in [4.78, 5) is 42.6. The van der Waals surface area contributed by atoms with Crippen molar-refractivity contribution in [3.05, 3.63) is 107 Å². The normalized spacial score (nSPS) is 12.7. The summed E-state index contributed by atoms with van der Waals surface area (Å²) in [6, 6.07) is 23.0. The zero-order valence-electron chi connectivity index (χ0n) is 18.9. The molecule has 4 aromatic carbocycles. The van der Waals surface area contributed by atoms with Crippen LogP contribution < -0.4 is 9.64 Å². The van der Waals surface area contributed by atoms with Gasteiger partial charge in [-0.25, -0.2) is 4.39 Å². The van der Waals surface area contributed by atoms with Crippen molar-refractivity contribution in [1.29, 1.82) is 0 Å². The minimum Gasteiger partial charge on any atom is -0.496 e. The van der Waals surface area contributed by atoms with Crippen molar-refractivity contribution < 1.29 is 23.5 Å². The topological polar surface area (TPSA) is 66.9 Å². The van der Waals surface area contributed by atoms with Crippen LogP contribution in [0.5, 0.6) is 5.75 Å². The number of hydrogen-bond donors (Lipinski definition) is 0. The van der Waals surface area contributed by atoms with Crippen LogP contribution in [0.2, 0.25) is 0 Å². The van der Waals surface area contributed by atoms with E-state index in [1.807, 2.05) is 12.1 Å². The quantitative estimate of drug-likeness (QED) is 0.377. The molecule has 0 saturated heterocycles. The standard InChI is InChI=1S/C28H21FN2O4/c1-35-24-14-3-2-11-21(24)26(32)30(20-10-6-9-19(29)17-20)15-16-31-27(33)22-12-4-7-18-8-5-13-23(25(18)22)28(31)34/h2-14,17H,15-16H2,1H3. The van der Waals surface area contributed by atoms with E-state index in [0.717, 1.165) is 10.3 Å². The first-order valence-corrected chi connectivity index (χ1v) is 11.1. The van der Waals surface area contributed by atoms with Gasteiger partial charge < -0.3 is 9.64 Å². The highest BCUT2D eigenvalue weighted by atomic mass is 19.1. The van der Waals surface area contributed by atoms with Crippen molar-refractivity contribution in [3.63, 3.8) is 0 Å². The Hall–Kier alpha value is -4.52. The molecule has 1 heterocycles. The Morgan fingerprint density at radius 2 is 1.54 bits per heavy atom. The molecule has 0 atom stereocenters. The number of ether oxygens (including phenoxy) is 1. The van der Waals surface area contributed by atoms with Crippen LogP contribution in [-0.4, -0.2) is 42.8 Å². The molecular formula is C28H21FN2O4. The van der Waals surface area contributed by atoms with E-state index in [0.29, 0.717) is 28.0 Å². The third-order valence-electron chi connectivity index (χ3n) is 6.11. The molecule has 3 amide bonds. The summed E-state index contributed by atoms with van der Waals surface area (Å²) in [5.41, 5.74) is 1.46. The van der Waals surface area contributed by atoms with E-state index in [2.05, 4.69) is 0 Å². The molecule has 0 saturated carbocycles. The maximum atomic E-state index is 14.1. The number of hydrogen-bond acceptors (Lipinski definition) is 4. The highest BCUT2D eigenvalue weighted by Crippen LogP contribution is 2.30. The van der Waals surface area contributed by atoms with Crippen molar-refractivity contribution in [2.24, 2.45) is 0 Å². The number of carbonyl (C=O) groups is 3. The van der Waals surface area contributed by atoms with Gasteiger partial charge in [-0.15, -0.1) is 0 Å². The summed E-state index contributed by atoms with van der Waals surface area (Å²) in [6.45, 7) is -0.101. The fourth-order valence-corrected chi connectivity index (χ4v) is 4.44. The average Bonchev–Trinajstić information content (AvgIpc) is 2.88. The number of nitrogens with zero attached hydrogens (tertiary/aromatic N) is 2. The Labute approximate surface area is 201 Å². The van der Waals surface area contributed by atoms with E-state index >= 15 is 0 Å². The van der Waals surface area contributed by atoms with Gasteiger partial charge in [0.05, 0.1) is 12.7 Å². The summed E-state index contributed by atoms with van der Waals surface area (Å²) < 4.78 is 19.4. The van der Waals surface area contributed by atoms with E-state index in [4.69, 9.17) is 4.74 Å². The van der Waals surface area contributed by atoms with Gasteiger partial charge in [0.1, 0.15) is 11.6 Å². The van der Waals surface area contributed by atoms with Gasteiger partial charge in [0.2, 0.25) is 0 Å². The van der Waals surface area contributed by atoms with Crippen LogP contribution in [0, 0.1) is 5.82 Å². The minimum atomic E-state index is -0.508. The van der Waals surface area contributed by atoms with Crippen LogP contribution in [0.1, 0.15) is 31.1 Å². The molecule has 4 aromatic rings. The average molecular weight is 468 g/mol. The first kappa shape index (κ1) is 22.3. The predicted molar refractivity (Wildman–Crippen MR) is 130 cm³/mol. The van der Waals surface area contributed by atoms with Crippen molar-refractivity contribution in [3.8, 4) is 5.75 Å². The molecule has 0 fully saturated rings. The monoisotopic (exact) mass is 468 g/mol. The molecule has 0 aromatic heterocycles. The molecule has 35 heavy (non-hydrogen) atoms. The predicted octanol–water partition coefficient (Wildman–Crippen LogP) is 4.93. The van der Waals surface area contributed by atoms with Gasteiger partial charge >= 0.3 is 0 Å². The number of benzene rings is 4. The van der Waals surface area contributed by atoms with Gasteiger partial charge in [0.15, 0.2) is 0 Å². The van der Waals surface area contributed by atoms with Crippen molar-refractivity contribution >= 4 is 34.2 Å². The van der Waals surface area contributed by atoms with E-state index in [-0.39, 0.29) is 18.7 Å². The number of halogens is 1. The Balaban J connectivity index is 1.49. The Kier molecular flexibility index (Phi) is 5.74. The van der Waals surface area contributed by atoms with Gasteiger partial charge in [-0.3, -0.25) is 19.3 Å². The number of para-hydroxylation sites is 1. The lowest BCUT2D eigenvalue weighted by atomic mass is 9.94. The lowest BCUT2D eigenvalue weighted by Crippen LogP contribution is -2.46. The summed E-state index contributed by atoms with van der Waals surface area (Å²) >= 11 is 0. The minimum absolute atomic E-state index is 0.0318. The maximum Gasteiger partial charge on any atom is 0.262 e. The van der Waals surface area contributed by atoms with Crippen LogP contribution in [-0.2, 0) is 0 Å². The fourth-order valence-electron chi connectivity index (χ4n) is 4.44. The first-order valence-electron chi connectivity index (χ1n) is 11.1. The number of rotatable bonds is 6. The van der Waals surface area contributed by atoms with Crippen LogP contribution in [0.25, 0.3) is 10.8 Å². The molecule has 5 rings (SSSR count).